The van der Waals surface area contributed by atoms with Crippen LogP contribution >= 0.6 is 0 Å². The Morgan fingerprint density at radius 3 is 2.25 bits per heavy atom. The molecule has 0 heterocycles. The second kappa shape index (κ2) is 7.86. The number of unbranched alkanes of at least 4 members (excludes halogenated alkanes) is 3. The maximum absolute atomic E-state index is 12.0. The van der Waals surface area contributed by atoms with Gasteiger partial charge < -0.3 is 0 Å². The number of carbonyl (C=O) groups is 1. The number of carbonyl (C=O) groups excluding carboxylic acids is 1. The first-order chi connectivity index (χ1) is 7.77. The topological polar surface area (TPSA) is 17.1 Å². The molecule has 1 rings (SSSR count). The maximum atomic E-state index is 12.0. The van der Waals surface area contributed by atoms with Crippen LogP contribution in [0.5, 0.6) is 0 Å². The highest BCUT2D eigenvalue weighted by atomic mass is 16.1. The molecular weight excluding hydrogens is 196 g/mol. The normalized spacial score (nSPS) is 25.6. The lowest BCUT2D eigenvalue weighted by Gasteiger charge is -2.26. The molecule has 1 heteroatoms. The summed E-state index contributed by atoms with van der Waals surface area (Å²) in [5.41, 5.74) is 0. The highest BCUT2D eigenvalue weighted by molar-refractivity contribution is 5.80. The molecule has 0 atom stereocenters. The van der Waals surface area contributed by atoms with E-state index < -0.39 is 0 Å². The van der Waals surface area contributed by atoms with E-state index in [1.54, 1.807) is 0 Å². The SMILES string of the molecule is CCCCCCC(=O)C1CCC(CC)CC1. The number of hydrogen-bond acceptors (Lipinski definition) is 1. The molecule has 1 nitrogen and oxygen atoms in total. The summed E-state index contributed by atoms with van der Waals surface area (Å²) in [5, 5.41) is 0. The molecule has 0 aliphatic heterocycles. The van der Waals surface area contributed by atoms with Crippen molar-refractivity contribution in [1.82, 2.24) is 0 Å². The van der Waals surface area contributed by atoms with E-state index in [0.717, 1.165) is 18.8 Å². The average Bonchev–Trinajstić information content (AvgIpc) is 2.34. The fourth-order valence-electron chi connectivity index (χ4n) is 2.82. The third-order valence-corrected chi connectivity index (χ3v) is 4.16. The molecule has 0 aromatic rings. The molecule has 0 aromatic heterocycles. The van der Waals surface area contributed by atoms with Crippen molar-refractivity contribution in [2.75, 3.05) is 0 Å². The first-order valence-electron chi connectivity index (χ1n) is 7.30. The van der Waals surface area contributed by atoms with Gasteiger partial charge in [-0.15, -0.1) is 0 Å². The summed E-state index contributed by atoms with van der Waals surface area (Å²) in [7, 11) is 0. The number of ketones is 1. The van der Waals surface area contributed by atoms with E-state index in [0.29, 0.717) is 11.7 Å². The molecule has 0 saturated heterocycles. The standard InChI is InChI=1S/C15H28O/c1-3-5-6-7-8-15(16)14-11-9-13(4-2)10-12-14/h13-14H,3-12H2,1-2H3. The van der Waals surface area contributed by atoms with Crippen LogP contribution in [0.2, 0.25) is 0 Å². The van der Waals surface area contributed by atoms with Gasteiger partial charge in [0, 0.05) is 12.3 Å². The Hall–Kier alpha value is -0.330. The van der Waals surface area contributed by atoms with Crippen LogP contribution < -0.4 is 0 Å². The fraction of sp³-hybridized carbons (Fsp3) is 0.933. The lowest BCUT2D eigenvalue weighted by Crippen LogP contribution is -2.21. The van der Waals surface area contributed by atoms with Crippen molar-refractivity contribution in [3.8, 4) is 0 Å². The van der Waals surface area contributed by atoms with Gasteiger partial charge in [-0.2, -0.15) is 0 Å². The van der Waals surface area contributed by atoms with Crippen LogP contribution in [0.15, 0.2) is 0 Å². The summed E-state index contributed by atoms with van der Waals surface area (Å²) in [4.78, 5) is 12.0. The number of rotatable bonds is 7. The van der Waals surface area contributed by atoms with Crippen LogP contribution in [0.4, 0.5) is 0 Å². The van der Waals surface area contributed by atoms with Crippen LogP contribution in [-0.4, -0.2) is 5.78 Å². The van der Waals surface area contributed by atoms with Crippen LogP contribution in [0.25, 0.3) is 0 Å². The fourth-order valence-corrected chi connectivity index (χ4v) is 2.82. The predicted molar refractivity (Wildman–Crippen MR) is 69.5 cm³/mol. The third-order valence-electron chi connectivity index (χ3n) is 4.16. The van der Waals surface area contributed by atoms with E-state index in [4.69, 9.17) is 0 Å². The number of hydrogen-bond donors (Lipinski definition) is 0. The summed E-state index contributed by atoms with van der Waals surface area (Å²) < 4.78 is 0. The summed E-state index contributed by atoms with van der Waals surface area (Å²) in [6, 6.07) is 0. The van der Waals surface area contributed by atoms with E-state index >= 15 is 0 Å². The quantitative estimate of drug-likeness (QED) is 0.571. The van der Waals surface area contributed by atoms with Crippen molar-refractivity contribution in [3.05, 3.63) is 0 Å². The van der Waals surface area contributed by atoms with E-state index in [1.165, 1.54) is 51.4 Å². The van der Waals surface area contributed by atoms with Gasteiger partial charge in [0.2, 0.25) is 0 Å². The molecular formula is C15H28O. The largest absolute Gasteiger partial charge is 0.299 e. The second-order valence-corrected chi connectivity index (χ2v) is 5.40. The van der Waals surface area contributed by atoms with Crippen LogP contribution in [0.1, 0.15) is 78.1 Å². The third kappa shape index (κ3) is 4.67. The molecule has 1 aliphatic rings. The van der Waals surface area contributed by atoms with Crippen molar-refractivity contribution >= 4 is 5.78 Å². The maximum Gasteiger partial charge on any atom is 0.135 e. The molecule has 16 heavy (non-hydrogen) atoms. The first-order valence-corrected chi connectivity index (χ1v) is 7.30. The summed E-state index contributed by atoms with van der Waals surface area (Å²) in [6.07, 6.45) is 12.0. The van der Waals surface area contributed by atoms with Crippen molar-refractivity contribution in [2.24, 2.45) is 11.8 Å². The smallest absolute Gasteiger partial charge is 0.135 e. The zero-order valence-electron chi connectivity index (χ0n) is 11.1. The van der Waals surface area contributed by atoms with E-state index in [-0.39, 0.29) is 0 Å². The minimum absolute atomic E-state index is 0.421. The Bertz CT molecular complexity index is 190. The lowest BCUT2D eigenvalue weighted by molar-refractivity contribution is -0.124. The Labute approximate surface area is 101 Å². The minimum atomic E-state index is 0.421. The van der Waals surface area contributed by atoms with Gasteiger partial charge in [0.25, 0.3) is 0 Å². The molecule has 1 saturated carbocycles. The molecule has 0 N–H and O–H groups in total. The first kappa shape index (κ1) is 13.7. The second-order valence-electron chi connectivity index (χ2n) is 5.40. The van der Waals surface area contributed by atoms with Gasteiger partial charge in [-0.25, -0.2) is 0 Å². The highest BCUT2D eigenvalue weighted by Gasteiger charge is 2.24. The van der Waals surface area contributed by atoms with Crippen molar-refractivity contribution in [3.63, 3.8) is 0 Å². The molecule has 94 valence electrons. The Morgan fingerprint density at radius 2 is 1.69 bits per heavy atom. The van der Waals surface area contributed by atoms with E-state index in [1.807, 2.05) is 0 Å². The monoisotopic (exact) mass is 224 g/mol. The Morgan fingerprint density at radius 1 is 1.00 bits per heavy atom. The van der Waals surface area contributed by atoms with Gasteiger partial charge >= 0.3 is 0 Å². The van der Waals surface area contributed by atoms with Crippen molar-refractivity contribution < 1.29 is 4.79 Å². The van der Waals surface area contributed by atoms with Gasteiger partial charge in [0.1, 0.15) is 5.78 Å². The van der Waals surface area contributed by atoms with Gasteiger partial charge in [-0.05, 0) is 38.0 Å². The molecule has 0 unspecified atom stereocenters. The van der Waals surface area contributed by atoms with Gasteiger partial charge in [0.15, 0.2) is 0 Å². The zero-order valence-corrected chi connectivity index (χ0v) is 11.1. The van der Waals surface area contributed by atoms with Gasteiger partial charge in [0.05, 0.1) is 0 Å². The molecule has 0 radical (unpaired) electrons. The average molecular weight is 224 g/mol. The van der Waals surface area contributed by atoms with Crippen LogP contribution in [0, 0.1) is 11.8 Å². The Balaban J connectivity index is 2.13. The molecule has 1 fully saturated rings. The van der Waals surface area contributed by atoms with E-state index in [2.05, 4.69) is 13.8 Å². The number of Topliss-reactive ketones (excluding diaryl/α,β-unsaturated/α-hetero) is 1. The zero-order chi connectivity index (χ0) is 11.8. The molecule has 0 bridgehead atoms. The molecule has 1 aliphatic carbocycles. The van der Waals surface area contributed by atoms with Crippen LogP contribution in [0.3, 0.4) is 0 Å². The predicted octanol–water partition coefficient (Wildman–Crippen LogP) is 4.74. The summed E-state index contributed by atoms with van der Waals surface area (Å²) in [5.74, 6) is 1.89. The Kier molecular flexibility index (Phi) is 6.75. The van der Waals surface area contributed by atoms with Crippen molar-refractivity contribution in [2.45, 2.75) is 78.1 Å². The van der Waals surface area contributed by atoms with E-state index in [9.17, 15) is 4.79 Å². The summed E-state index contributed by atoms with van der Waals surface area (Å²) >= 11 is 0. The van der Waals surface area contributed by atoms with Crippen LogP contribution in [-0.2, 0) is 4.79 Å². The van der Waals surface area contributed by atoms with Gasteiger partial charge in [-0.3, -0.25) is 4.79 Å². The highest BCUT2D eigenvalue weighted by Crippen LogP contribution is 2.31. The minimum Gasteiger partial charge on any atom is -0.299 e. The van der Waals surface area contributed by atoms with Gasteiger partial charge in [-0.1, -0.05) is 39.5 Å². The van der Waals surface area contributed by atoms with Crippen molar-refractivity contribution in [1.29, 1.82) is 0 Å². The molecule has 0 aromatic carbocycles. The lowest BCUT2D eigenvalue weighted by atomic mass is 9.78. The molecule has 0 amide bonds. The molecule has 0 spiro atoms. The summed E-state index contributed by atoms with van der Waals surface area (Å²) in [6.45, 7) is 4.49.